The van der Waals surface area contributed by atoms with E-state index < -0.39 is 5.97 Å². The van der Waals surface area contributed by atoms with E-state index in [0.29, 0.717) is 43.4 Å². The van der Waals surface area contributed by atoms with Crippen molar-refractivity contribution >= 4 is 23.2 Å². The molecule has 2 heterocycles. The van der Waals surface area contributed by atoms with Gasteiger partial charge in [0.05, 0.1) is 25.3 Å². The van der Waals surface area contributed by atoms with Crippen LogP contribution in [0.3, 0.4) is 0 Å². The Balaban J connectivity index is 2.06. The number of hydrogen-bond donors (Lipinski definition) is 1. The lowest BCUT2D eigenvalue weighted by Gasteiger charge is -2.26. The number of rotatable bonds is 5. The number of thiazole rings is 1. The third-order valence-corrected chi connectivity index (χ3v) is 4.17. The van der Waals surface area contributed by atoms with E-state index in [1.54, 1.807) is 4.90 Å². The molecule has 110 valence electrons. The Bertz CT molecular complexity index is 495. The van der Waals surface area contributed by atoms with Crippen molar-refractivity contribution in [2.75, 3.05) is 26.3 Å². The number of carboxylic acid groups (broad SMARTS) is 1. The summed E-state index contributed by atoms with van der Waals surface area (Å²) in [6, 6.07) is 0. The summed E-state index contributed by atoms with van der Waals surface area (Å²) in [6.45, 7) is 4.29. The van der Waals surface area contributed by atoms with Crippen LogP contribution in [-0.4, -0.2) is 53.2 Å². The Labute approximate surface area is 121 Å². The van der Waals surface area contributed by atoms with Crippen LogP contribution in [0.15, 0.2) is 0 Å². The maximum atomic E-state index is 12.1. The summed E-state index contributed by atoms with van der Waals surface area (Å²) < 4.78 is 5.20. The van der Waals surface area contributed by atoms with Gasteiger partial charge in [-0.1, -0.05) is 13.3 Å². The van der Waals surface area contributed by atoms with E-state index in [1.807, 2.05) is 6.92 Å². The number of aryl methyl sites for hydroxylation is 1. The summed E-state index contributed by atoms with van der Waals surface area (Å²) in [7, 11) is 0. The number of aromatic carboxylic acids is 1. The fourth-order valence-corrected chi connectivity index (χ4v) is 3.04. The first-order valence-electron chi connectivity index (χ1n) is 6.69. The smallest absolute Gasteiger partial charge is 0.347 e. The van der Waals surface area contributed by atoms with E-state index in [9.17, 15) is 9.59 Å². The normalized spacial score (nSPS) is 15.3. The maximum absolute atomic E-state index is 12.1. The highest BCUT2D eigenvalue weighted by molar-refractivity contribution is 7.13. The van der Waals surface area contributed by atoms with Crippen LogP contribution < -0.4 is 0 Å². The van der Waals surface area contributed by atoms with Gasteiger partial charge in [0.15, 0.2) is 0 Å². The maximum Gasteiger partial charge on any atom is 0.347 e. The van der Waals surface area contributed by atoms with E-state index in [1.165, 1.54) is 0 Å². The second kappa shape index (κ2) is 6.81. The molecule has 2 rings (SSSR count). The quantitative estimate of drug-likeness (QED) is 0.883. The third-order valence-electron chi connectivity index (χ3n) is 3.09. The molecule has 7 heteroatoms. The monoisotopic (exact) mass is 298 g/mol. The fraction of sp³-hybridized carbons (Fsp3) is 0.615. The lowest BCUT2D eigenvalue weighted by molar-refractivity contribution is -0.134. The van der Waals surface area contributed by atoms with Crippen LogP contribution in [0.2, 0.25) is 0 Å². The van der Waals surface area contributed by atoms with Gasteiger partial charge in [0.25, 0.3) is 0 Å². The molecule has 1 aliphatic rings. The van der Waals surface area contributed by atoms with E-state index in [2.05, 4.69) is 4.98 Å². The topological polar surface area (TPSA) is 79.7 Å². The number of carbonyl (C=O) groups excluding carboxylic acids is 1. The number of carboxylic acids is 1. The van der Waals surface area contributed by atoms with Gasteiger partial charge in [-0.2, -0.15) is 0 Å². The highest BCUT2D eigenvalue weighted by Gasteiger charge is 2.21. The molecule has 1 aliphatic heterocycles. The summed E-state index contributed by atoms with van der Waals surface area (Å²) in [5.41, 5.74) is 0.592. The molecule has 1 aromatic rings. The minimum absolute atomic E-state index is 0.0120. The number of amides is 1. The average Bonchev–Trinajstić information content (AvgIpc) is 2.83. The SMILES string of the molecule is CCCc1nc(CC(=O)N2CCOCC2)sc1C(=O)O. The van der Waals surface area contributed by atoms with E-state index in [-0.39, 0.29) is 17.2 Å². The zero-order chi connectivity index (χ0) is 14.5. The van der Waals surface area contributed by atoms with Gasteiger partial charge in [-0.05, 0) is 6.42 Å². The van der Waals surface area contributed by atoms with Crippen LogP contribution in [-0.2, 0) is 22.4 Å². The molecule has 20 heavy (non-hydrogen) atoms. The van der Waals surface area contributed by atoms with E-state index >= 15 is 0 Å². The molecule has 0 bridgehead atoms. The van der Waals surface area contributed by atoms with Crippen molar-refractivity contribution in [2.45, 2.75) is 26.2 Å². The molecule has 1 saturated heterocycles. The van der Waals surface area contributed by atoms with Crippen molar-refractivity contribution in [2.24, 2.45) is 0 Å². The van der Waals surface area contributed by atoms with E-state index in [0.717, 1.165) is 17.8 Å². The van der Waals surface area contributed by atoms with Crippen LogP contribution in [0.4, 0.5) is 0 Å². The zero-order valence-corrected chi connectivity index (χ0v) is 12.2. The van der Waals surface area contributed by atoms with Crippen LogP contribution in [0.25, 0.3) is 0 Å². The van der Waals surface area contributed by atoms with Gasteiger partial charge in [0.1, 0.15) is 9.88 Å². The lowest BCUT2D eigenvalue weighted by Crippen LogP contribution is -2.41. The van der Waals surface area contributed by atoms with Crippen LogP contribution in [0.1, 0.15) is 33.7 Å². The van der Waals surface area contributed by atoms with Gasteiger partial charge >= 0.3 is 5.97 Å². The van der Waals surface area contributed by atoms with Gasteiger partial charge in [-0.3, -0.25) is 4.79 Å². The van der Waals surface area contributed by atoms with Crippen molar-refractivity contribution in [1.29, 1.82) is 0 Å². The molecule has 0 radical (unpaired) electrons. The minimum atomic E-state index is -0.962. The number of aromatic nitrogens is 1. The molecular weight excluding hydrogens is 280 g/mol. The Kier molecular flexibility index (Phi) is 5.08. The molecule has 1 aromatic heterocycles. The molecule has 1 fully saturated rings. The number of ether oxygens (including phenoxy) is 1. The molecule has 0 aromatic carbocycles. The highest BCUT2D eigenvalue weighted by Crippen LogP contribution is 2.21. The summed E-state index contributed by atoms with van der Waals surface area (Å²) in [6.07, 6.45) is 1.64. The molecule has 0 atom stereocenters. The van der Waals surface area contributed by atoms with Crippen molar-refractivity contribution in [3.05, 3.63) is 15.6 Å². The molecular formula is C13H18N2O4S. The standard InChI is InChI=1S/C13H18N2O4S/c1-2-3-9-12(13(17)18)20-10(14-9)8-11(16)15-4-6-19-7-5-15/h2-8H2,1H3,(H,17,18). The van der Waals surface area contributed by atoms with E-state index in [4.69, 9.17) is 9.84 Å². The predicted molar refractivity (Wildman–Crippen MR) is 74.2 cm³/mol. The number of carbonyl (C=O) groups is 2. The number of morpholine rings is 1. The van der Waals surface area contributed by atoms with Crippen LogP contribution >= 0.6 is 11.3 Å². The molecule has 0 saturated carbocycles. The van der Waals surface area contributed by atoms with Gasteiger partial charge in [-0.15, -0.1) is 11.3 Å². The first-order valence-corrected chi connectivity index (χ1v) is 7.50. The largest absolute Gasteiger partial charge is 0.477 e. The summed E-state index contributed by atoms with van der Waals surface area (Å²) in [4.78, 5) is 29.6. The second-order valence-corrected chi connectivity index (χ2v) is 5.69. The molecule has 1 amide bonds. The summed E-state index contributed by atoms with van der Waals surface area (Å²) in [5, 5.41) is 9.73. The Morgan fingerprint density at radius 1 is 1.40 bits per heavy atom. The molecule has 0 unspecified atom stereocenters. The van der Waals surface area contributed by atoms with Crippen LogP contribution in [0, 0.1) is 0 Å². The van der Waals surface area contributed by atoms with Gasteiger partial charge < -0.3 is 14.7 Å². The Morgan fingerprint density at radius 3 is 2.70 bits per heavy atom. The second-order valence-electron chi connectivity index (χ2n) is 4.61. The molecule has 0 aliphatic carbocycles. The third kappa shape index (κ3) is 3.55. The Morgan fingerprint density at radius 2 is 2.10 bits per heavy atom. The van der Waals surface area contributed by atoms with Gasteiger partial charge in [0, 0.05) is 13.1 Å². The first kappa shape index (κ1) is 14.9. The first-order chi connectivity index (χ1) is 9.61. The fourth-order valence-electron chi connectivity index (χ4n) is 2.10. The molecule has 0 spiro atoms. The summed E-state index contributed by atoms with van der Waals surface area (Å²) >= 11 is 1.11. The minimum Gasteiger partial charge on any atom is -0.477 e. The average molecular weight is 298 g/mol. The number of hydrogen-bond acceptors (Lipinski definition) is 5. The van der Waals surface area contributed by atoms with Crippen molar-refractivity contribution in [1.82, 2.24) is 9.88 Å². The van der Waals surface area contributed by atoms with Crippen molar-refractivity contribution < 1.29 is 19.4 Å². The molecule has 1 N–H and O–H groups in total. The van der Waals surface area contributed by atoms with Gasteiger partial charge in [-0.25, -0.2) is 9.78 Å². The highest BCUT2D eigenvalue weighted by atomic mass is 32.1. The van der Waals surface area contributed by atoms with Crippen molar-refractivity contribution in [3.63, 3.8) is 0 Å². The zero-order valence-electron chi connectivity index (χ0n) is 11.4. The molecule has 6 nitrogen and oxygen atoms in total. The Hall–Kier alpha value is -1.47. The van der Waals surface area contributed by atoms with Crippen molar-refractivity contribution in [3.8, 4) is 0 Å². The predicted octanol–water partition coefficient (Wildman–Crippen LogP) is 1.20. The lowest BCUT2D eigenvalue weighted by atomic mass is 10.2. The number of nitrogens with zero attached hydrogens (tertiary/aromatic N) is 2. The van der Waals surface area contributed by atoms with Crippen LogP contribution in [0.5, 0.6) is 0 Å². The summed E-state index contributed by atoms with van der Waals surface area (Å²) in [5.74, 6) is -0.974. The van der Waals surface area contributed by atoms with Gasteiger partial charge in [0.2, 0.25) is 5.91 Å².